The Labute approximate surface area is 282 Å². The quantitative estimate of drug-likeness (QED) is 0.112. The topological polar surface area (TPSA) is 146 Å². The number of benzene rings is 3. The Morgan fingerprint density at radius 2 is 1.02 bits per heavy atom. The zero-order chi connectivity index (χ0) is 32.5. The number of rotatable bonds is 19. The van der Waals surface area contributed by atoms with Gasteiger partial charge >= 0.3 is 0 Å². The van der Waals surface area contributed by atoms with Gasteiger partial charge < -0.3 is 26.4 Å². The highest BCUT2D eigenvalue weighted by molar-refractivity contribution is 6.33. The van der Waals surface area contributed by atoms with E-state index in [1.54, 1.807) is 31.4 Å². The molecule has 12 heteroatoms. The molecule has 0 bridgehead atoms. The predicted octanol–water partition coefficient (Wildman–Crippen LogP) is 3.34. The lowest BCUT2D eigenvalue weighted by atomic mass is 9.86. The number of nitrogens with zero attached hydrogens (tertiary/aromatic N) is 2. The lowest BCUT2D eigenvalue weighted by Gasteiger charge is -2.32. The van der Waals surface area contributed by atoms with Crippen molar-refractivity contribution >= 4 is 46.8 Å². The van der Waals surface area contributed by atoms with Gasteiger partial charge in [-0.3, -0.25) is 29.0 Å². The molecule has 5 N–H and O–H groups in total. The van der Waals surface area contributed by atoms with Crippen LogP contribution in [0.5, 0.6) is 5.75 Å². The molecule has 0 unspecified atom stereocenters. The van der Waals surface area contributed by atoms with Crippen molar-refractivity contribution in [2.24, 2.45) is 5.73 Å². The van der Waals surface area contributed by atoms with Gasteiger partial charge in [0, 0.05) is 58.2 Å². The number of nitrogens with one attached hydrogen (secondary N) is 3. The average Bonchev–Trinajstić information content (AvgIpc) is 3.07. The van der Waals surface area contributed by atoms with E-state index in [0.717, 1.165) is 50.2 Å². The number of amides is 4. The Morgan fingerprint density at radius 3 is 1.49 bits per heavy atom. The maximum atomic E-state index is 13.5. The summed E-state index contributed by atoms with van der Waals surface area (Å²) in [6.45, 7) is 5.88. The number of unbranched alkanes of at least 4 members (excludes halogenated alkanes) is 1. The van der Waals surface area contributed by atoms with Crippen LogP contribution in [0.25, 0.3) is 10.8 Å². The fraction of sp³-hybridized carbons (Fsp3) is 0.429. The number of hydrogen-bond donors (Lipinski definition) is 4. The van der Waals surface area contributed by atoms with Crippen LogP contribution in [0.1, 0.15) is 79.1 Å². The normalized spacial score (nSPS) is 13.8. The standard InChI is InChI=1S/C35H44N6O5.ClH/c1-46-29-10-3-2-9-24(29)23-39-20-8-22-41-34(44)27-13-11-25-30-26(12-14-28(31(27)30)35(41)45)33(43)40(32(25)42)21-7-19-38-17-5-4-16-37-18-6-15-36;/h2-3,9-14,37-39H,4-8,15-23,36H2,1H3;1H. The van der Waals surface area contributed by atoms with E-state index < -0.39 is 23.6 Å². The fourth-order valence-corrected chi connectivity index (χ4v) is 6.15. The van der Waals surface area contributed by atoms with E-state index in [1.807, 2.05) is 24.3 Å². The lowest BCUT2D eigenvalue weighted by Crippen LogP contribution is -2.44. The number of methoxy groups -OCH3 is 1. The van der Waals surface area contributed by atoms with Crippen molar-refractivity contribution in [3.05, 3.63) is 76.3 Å². The van der Waals surface area contributed by atoms with Gasteiger partial charge in [-0.15, -0.1) is 12.4 Å². The van der Waals surface area contributed by atoms with E-state index in [-0.39, 0.29) is 25.5 Å². The summed E-state index contributed by atoms with van der Waals surface area (Å²) in [7, 11) is 1.63. The van der Waals surface area contributed by atoms with Crippen molar-refractivity contribution in [1.82, 2.24) is 25.8 Å². The van der Waals surface area contributed by atoms with E-state index in [2.05, 4.69) is 16.0 Å². The molecule has 5 rings (SSSR count). The highest BCUT2D eigenvalue weighted by atomic mass is 35.5. The van der Waals surface area contributed by atoms with E-state index >= 15 is 0 Å². The number of para-hydroxylation sites is 1. The second-order valence-corrected chi connectivity index (χ2v) is 11.6. The molecule has 2 aliphatic rings. The number of imide groups is 2. The molecule has 0 spiro atoms. The average molecular weight is 665 g/mol. The van der Waals surface area contributed by atoms with Crippen molar-refractivity contribution in [1.29, 1.82) is 0 Å². The molecule has 4 amide bonds. The van der Waals surface area contributed by atoms with Crippen LogP contribution in [0, 0.1) is 0 Å². The number of halogens is 1. The second-order valence-electron chi connectivity index (χ2n) is 11.6. The Balaban J connectivity index is 0.00000500. The third-order valence-electron chi connectivity index (χ3n) is 8.56. The molecule has 47 heavy (non-hydrogen) atoms. The molecule has 3 aromatic carbocycles. The Bertz CT molecular complexity index is 1530. The van der Waals surface area contributed by atoms with Crippen molar-refractivity contribution in [2.45, 2.75) is 38.6 Å². The van der Waals surface area contributed by atoms with Gasteiger partial charge in [-0.05, 0) is 102 Å². The summed E-state index contributed by atoms with van der Waals surface area (Å²) < 4.78 is 5.39. The minimum atomic E-state index is -0.411. The molecule has 0 saturated heterocycles. The molecular formula is C35H45ClN6O5. The molecule has 3 aromatic rings. The predicted molar refractivity (Wildman–Crippen MR) is 185 cm³/mol. The molecule has 0 atom stereocenters. The molecule has 0 fully saturated rings. The van der Waals surface area contributed by atoms with Crippen LogP contribution in [0.2, 0.25) is 0 Å². The summed E-state index contributed by atoms with van der Waals surface area (Å²) in [5.74, 6) is -0.813. The van der Waals surface area contributed by atoms with Crippen molar-refractivity contribution in [3.63, 3.8) is 0 Å². The third kappa shape index (κ3) is 7.99. The first-order valence-corrected chi connectivity index (χ1v) is 16.2. The summed E-state index contributed by atoms with van der Waals surface area (Å²) in [6.07, 6.45) is 4.27. The summed E-state index contributed by atoms with van der Waals surface area (Å²) >= 11 is 0. The van der Waals surface area contributed by atoms with Crippen LogP contribution in [0.15, 0.2) is 48.5 Å². The lowest BCUT2D eigenvalue weighted by molar-refractivity contribution is 0.0587. The highest BCUT2D eigenvalue weighted by Gasteiger charge is 2.39. The van der Waals surface area contributed by atoms with Gasteiger partial charge in [0.1, 0.15) is 5.75 Å². The molecule has 11 nitrogen and oxygen atoms in total. The van der Waals surface area contributed by atoms with Crippen molar-refractivity contribution in [2.75, 3.05) is 59.5 Å². The van der Waals surface area contributed by atoms with Gasteiger partial charge in [0.15, 0.2) is 0 Å². The Morgan fingerprint density at radius 1 is 0.596 bits per heavy atom. The first-order chi connectivity index (χ1) is 22.5. The van der Waals surface area contributed by atoms with Gasteiger partial charge in [-0.1, -0.05) is 18.2 Å². The molecule has 0 saturated carbocycles. The molecule has 2 aliphatic heterocycles. The molecule has 0 aliphatic carbocycles. The molecule has 0 aromatic heterocycles. The maximum Gasteiger partial charge on any atom is 0.261 e. The minimum Gasteiger partial charge on any atom is -0.496 e. The molecule has 0 radical (unpaired) electrons. The second kappa shape index (κ2) is 17.3. The number of carbonyl (C=O) groups is 4. The van der Waals surface area contributed by atoms with E-state index in [0.29, 0.717) is 72.0 Å². The summed E-state index contributed by atoms with van der Waals surface area (Å²) in [5, 5.41) is 10.9. The Hall–Kier alpha value is -3.87. The van der Waals surface area contributed by atoms with Crippen LogP contribution in [0.4, 0.5) is 0 Å². The third-order valence-corrected chi connectivity index (χ3v) is 8.56. The summed E-state index contributed by atoms with van der Waals surface area (Å²) in [4.78, 5) is 56.6. The molecule has 252 valence electrons. The number of carbonyl (C=O) groups excluding carboxylic acids is 4. The van der Waals surface area contributed by atoms with Crippen LogP contribution < -0.4 is 26.4 Å². The van der Waals surface area contributed by atoms with Crippen LogP contribution in [-0.2, 0) is 6.54 Å². The zero-order valence-electron chi connectivity index (χ0n) is 26.9. The smallest absolute Gasteiger partial charge is 0.261 e. The van der Waals surface area contributed by atoms with Gasteiger partial charge in [-0.25, -0.2) is 0 Å². The number of ether oxygens (including phenoxy) is 1. The molecular weight excluding hydrogens is 620 g/mol. The number of hydrogen-bond acceptors (Lipinski definition) is 9. The van der Waals surface area contributed by atoms with Crippen molar-refractivity contribution < 1.29 is 23.9 Å². The highest BCUT2D eigenvalue weighted by Crippen LogP contribution is 2.37. The van der Waals surface area contributed by atoms with E-state index in [1.165, 1.54) is 9.80 Å². The first-order valence-electron chi connectivity index (χ1n) is 16.2. The van der Waals surface area contributed by atoms with Crippen LogP contribution >= 0.6 is 12.4 Å². The van der Waals surface area contributed by atoms with Gasteiger partial charge in [0.2, 0.25) is 0 Å². The first kappa shape index (κ1) is 36.0. The van der Waals surface area contributed by atoms with Crippen molar-refractivity contribution in [3.8, 4) is 5.75 Å². The van der Waals surface area contributed by atoms with Gasteiger partial charge in [0.05, 0.1) is 7.11 Å². The van der Waals surface area contributed by atoms with Crippen LogP contribution in [0.3, 0.4) is 0 Å². The Kier molecular flexibility index (Phi) is 13.3. The van der Waals surface area contributed by atoms with E-state index in [9.17, 15) is 19.2 Å². The largest absolute Gasteiger partial charge is 0.496 e. The van der Waals surface area contributed by atoms with Gasteiger partial charge in [0.25, 0.3) is 23.6 Å². The van der Waals surface area contributed by atoms with Gasteiger partial charge in [-0.2, -0.15) is 0 Å². The van der Waals surface area contributed by atoms with Crippen LogP contribution in [-0.4, -0.2) is 92.9 Å². The summed E-state index contributed by atoms with van der Waals surface area (Å²) in [5.41, 5.74) is 7.89. The maximum absolute atomic E-state index is 13.5. The molecule has 2 heterocycles. The monoisotopic (exact) mass is 664 g/mol. The SMILES string of the molecule is COc1ccccc1CNCCCN1C(=O)c2ccc3c4c(ccc(c24)C1=O)C(=O)N(CCCNCCCCNCCCN)C3=O.Cl. The minimum absolute atomic E-state index is 0. The van der Waals surface area contributed by atoms with E-state index in [4.69, 9.17) is 10.5 Å². The number of nitrogens with two attached hydrogens (primary N) is 1. The zero-order valence-corrected chi connectivity index (χ0v) is 27.8. The fourth-order valence-electron chi connectivity index (χ4n) is 6.15. The summed E-state index contributed by atoms with van der Waals surface area (Å²) in [6, 6.07) is 14.2.